The Morgan fingerprint density at radius 3 is 2.70 bits per heavy atom. The van der Waals surface area contributed by atoms with E-state index >= 15 is 0 Å². The molecule has 1 aromatic heterocycles. The van der Waals surface area contributed by atoms with Crippen LogP contribution in [0.5, 0.6) is 0 Å². The van der Waals surface area contributed by atoms with Gasteiger partial charge in [-0.3, -0.25) is 4.79 Å². The molecule has 2 aromatic carbocycles. The third kappa shape index (κ3) is 5.31. The van der Waals surface area contributed by atoms with Crippen LogP contribution >= 0.6 is 11.3 Å². The van der Waals surface area contributed by atoms with Gasteiger partial charge in [0.05, 0.1) is 33.0 Å². The van der Waals surface area contributed by atoms with Crippen LogP contribution in [0.2, 0.25) is 0 Å². The first-order chi connectivity index (χ1) is 15.8. The maximum Gasteiger partial charge on any atom is 0.304 e. The van der Waals surface area contributed by atoms with Crippen LogP contribution in [0, 0.1) is 6.92 Å². The van der Waals surface area contributed by atoms with Gasteiger partial charge in [-0.25, -0.2) is 4.98 Å². The smallest absolute Gasteiger partial charge is 0.304 e. The Labute approximate surface area is 199 Å². The van der Waals surface area contributed by atoms with Crippen LogP contribution in [0.4, 0.5) is 17.1 Å². The summed E-state index contributed by atoms with van der Waals surface area (Å²) in [5.74, 6) is -0.790. The van der Waals surface area contributed by atoms with Crippen molar-refractivity contribution in [3.63, 3.8) is 0 Å². The highest BCUT2D eigenvalue weighted by Gasteiger charge is 2.27. The van der Waals surface area contributed by atoms with Gasteiger partial charge < -0.3 is 20.1 Å². The Morgan fingerprint density at radius 1 is 1.24 bits per heavy atom. The fraction of sp³-hybridized carbons (Fsp3) is 0.462. The van der Waals surface area contributed by atoms with Crippen molar-refractivity contribution in [2.45, 2.75) is 58.4 Å². The Balaban J connectivity index is 1.75. The van der Waals surface area contributed by atoms with Crippen molar-refractivity contribution in [2.75, 3.05) is 30.0 Å². The first-order valence-corrected chi connectivity index (χ1v) is 12.4. The molecule has 1 fully saturated rings. The molecular weight excluding hydrogens is 434 g/mol. The van der Waals surface area contributed by atoms with Gasteiger partial charge in [0.15, 0.2) is 0 Å². The number of rotatable bonds is 8. The fourth-order valence-electron chi connectivity index (χ4n) is 4.68. The maximum atomic E-state index is 11.5. The normalized spacial score (nSPS) is 15.0. The SMILES string of the molecule is CCN(c1ccc(C(C)(C)CC(=O)O)cc1Nc1ccc2nc(C)sc2c1)C1CCOCC1. The number of thiazole rings is 1. The minimum absolute atomic E-state index is 0.0787. The average Bonchev–Trinajstić information content (AvgIpc) is 3.14. The molecule has 0 saturated carbocycles. The number of aryl methyl sites for hydroxylation is 1. The minimum atomic E-state index is -0.790. The summed E-state index contributed by atoms with van der Waals surface area (Å²) in [6.45, 7) is 10.7. The monoisotopic (exact) mass is 467 g/mol. The van der Waals surface area contributed by atoms with Crippen molar-refractivity contribution in [2.24, 2.45) is 0 Å². The van der Waals surface area contributed by atoms with E-state index in [0.29, 0.717) is 6.04 Å². The Morgan fingerprint density at radius 2 is 2.00 bits per heavy atom. The zero-order chi connectivity index (χ0) is 23.6. The van der Waals surface area contributed by atoms with Gasteiger partial charge in [-0.15, -0.1) is 11.3 Å². The van der Waals surface area contributed by atoms with E-state index in [2.05, 4.69) is 58.5 Å². The number of ether oxygens (including phenoxy) is 1. The summed E-state index contributed by atoms with van der Waals surface area (Å²) in [5.41, 5.74) is 4.68. The molecule has 0 radical (unpaired) electrons. The molecule has 2 N–H and O–H groups in total. The number of nitrogens with one attached hydrogen (secondary N) is 1. The van der Waals surface area contributed by atoms with E-state index in [4.69, 9.17) is 4.74 Å². The lowest BCUT2D eigenvalue weighted by atomic mass is 9.81. The zero-order valence-electron chi connectivity index (χ0n) is 19.9. The van der Waals surface area contributed by atoms with Crippen molar-refractivity contribution >= 4 is 44.6 Å². The van der Waals surface area contributed by atoms with Crippen LogP contribution in [-0.2, 0) is 14.9 Å². The molecule has 176 valence electrons. The van der Waals surface area contributed by atoms with Crippen LogP contribution in [-0.4, -0.2) is 41.9 Å². The van der Waals surface area contributed by atoms with Gasteiger partial charge in [0.25, 0.3) is 0 Å². The van der Waals surface area contributed by atoms with E-state index in [1.54, 1.807) is 11.3 Å². The first kappa shape index (κ1) is 23.5. The number of carboxylic acids is 1. The largest absolute Gasteiger partial charge is 0.481 e. The molecule has 3 aromatic rings. The molecule has 6 nitrogen and oxygen atoms in total. The van der Waals surface area contributed by atoms with Crippen molar-refractivity contribution in [1.29, 1.82) is 0 Å². The molecule has 0 atom stereocenters. The molecule has 1 saturated heterocycles. The summed E-state index contributed by atoms with van der Waals surface area (Å²) in [4.78, 5) is 18.5. The third-order valence-electron chi connectivity index (χ3n) is 6.43. The number of hydrogen-bond donors (Lipinski definition) is 2. The van der Waals surface area contributed by atoms with Gasteiger partial charge in [0, 0.05) is 36.9 Å². The van der Waals surface area contributed by atoms with E-state index in [1.165, 1.54) is 0 Å². The quantitative estimate of drug-likeness (QED) is 0.417. The van der Waals surface area contributed by atoms with Crippen molar-refractivity contribution in [3.8, 4) is 0 Å². The van der Waals surface area contributed by atoms with Crippen molar-refractivity contribution in [1.82, 2.24) is 4.98 Å². The highest BCUT2D eigenvalue weighted by atomic mass is 32.1. The molecule has 0 bridgehead atoms. The number of nitrogens with zero attached hydrogens (tertiary/aromatic N) is 2. The Hall–Kier alpha value is -2.64. The number of aromatic nitrogens is 1. The summed E-state index contributed by atoms with van der Waals surface area (Å²) in [6.07, 6.45) is 2.09. The predicted octanol–water partition coefficient (Wildman–Crippen LogP) is 6.11. The standard InChI is InChI=1S/C26H33N3O3S/c1-5-29(20-10-12-32-13-11-20)23-9-6-18(26(3,4)16-25(30)31)14-22(23)28-19-7-8-21-24(15-19)33-17(2)27-21/h6-9,14-15,20,28H,5,10-13,16H2,1-4H3,(H,30,31). The van der Waals surface area contributed by atoms with E-state index < -0.39 is 11.4 Å². The summed E-state index contributed by atoms with van der Waals surface area (Å²) in [6, 6.07) is 13.0. The van der Waals surface area contributed by atoms with Crippen LogP contribution in [0.25, 0.3) is 10.2 Å². The summed E-state index contributed by atoms with van der Waals surface area (Å²) in [5, 5.41) is 14.1. The molecule has 2 heterocycles. The molecule has 0 aliphatic carbocycles. The van der Waals surface area contributed by atoms with Crippen LogP contribution in [0.3, 0.4) is 0 Å². The summed E-state index contributed by atoms with van der Waals surface area (Å²) >= 11 is 1.69. The van der Waals surface area contributed by atoms with Gasteiger partial charge in [-0.1, -0.05) is 19.9 Å². The van der Waals surface area contributed by atoms with Crippen LogP contribution in [0.15, 0.2) is 36.4 Å². The highest BCUT2D eigenvalue weighted by Crippen LogP contribution is 2.38. The lowest BCUT2D eigenvalue weighted by molar-refractivity contribution is -0.138. The lowest BCUT2D eigenvalue weighted by Crippen LogP contribution is -2.39. The van der Waals surface area contributed by atoms with Gasteiger partial charge >= 0.3 is 5.97 Å². The number of anilines is 3. The van der Waals surface area contributed by atoms with Gasteiger partial charge in [0.2, 0.25) is 0 Å². The second-order valence-corrected chi connectivity index (χ2v) is 10.6. The van der Waals surface area contributed by atoms with Crippen LogP contribution in [0.1, 0.15) is 50.6 Å². The topological polar surface area (TPSA) is 74.7 Å². The van der Waals surface area contributed by atoms with E-state index in [-0.39, 0.29) is 6.42 Å². The molecule has 33 heavy (non-hydrogen) atoms. The average molecular weight is 468 g/mol. The fourth-order valence-corrected chi connectivity index (χ4v) is 5.55. The maximum absolute atomic E-state index is 11.5. The van der Waals surface area contributed by atoms with Crippen molar-refractivity contribution in [3.05, 3.63) is 47.0 Å². The Bertz CT molecular complexity index is 1140. The number of carbonyl (C=O) groups is 1. The van der Waals surface area contributed by atoms with Crippen LogP contribution < -0.4 is 10.2 Å². The van der Waals surface area contributed by atoms with Gasteiger partial charge in [-0.05, 0) is 62.6 Å². The molecule has 1 aliphatic rings. The Kier molecular flexibility index (Phi) is 6.91. The molecule has 4 rings (SSSR count). The van der Waals surface area contributed by atoms with E-state index in [0.717, 1.165) is 70.5 Å². The number of benzene rings is 2. The molecular formula is C26H33N3O3S. The summed E-state index contributed by atoms with van der Waals surface area (Å²) < 4.78 is 6.75. The van der Waals surface area contributed by atoms with Gasteiger partial charge in [0.1, 0.15) is 0 Å². The van der Waals surface area contributed by atoms with Crippen molar-refractivity contribution < 1.29 is 14.6 Å². The number of hydrogen-bond acceptors (Lipinski definition) is 6. The lowest BCUT2D eigenvalue weighted by Gasteiger charge is -2.37. The second kappa shape index (κ2) is 9.69. The molecule has 0 amide bonds. The highest BCUT2D eigenvalue weighted by molar-refractivity contribution is 7.18. The molecule has 7 heteroatoms. The summed E-state index contributed by atoms with van der Waals surface area (Å²) in [7, 11) is 0. The van der Waals surface area contributed by atoms with E-state index in [9.17, 15) is 9.90 Å². The third-order valence-corrected chi connectivity index (χ3v) is 7.36. The first-order valence-electron chi connectivity index (χ1n) is 11.6. The molecule has 0 unspecified atom stereocenters. The number of carboxylic acid groups (broad SMARTS) is 1. The number of aliphatic carboxylic acids is 1. The zero-order valence-corrected chi connectivity index (χ0v) is 20.7. The minimum Gasteiger partial charge on any atom is -0.481 e. The molecule has 0 spiro atoms. The predicted molar refractivity (Wildman–Crippen MR) is 136 cm³/mol. The second-order valence-electron chi connectivity index (χ2n) is 9.36. The van der Waals surface area contributed by atoms with Gasteiger partial charge in [-0.2, -0.15) is 0 Å². The molecule has 1 aliphatic heterocycles. The van der Waals surface area contributed by atoms with E-state index in [1.807, 2.05) is 20.8 Å². The number of fused-ring (bicyclic) bond motifs is 1.